The zero-order chi connectivity index (χ0) is 47.5. The average Bonchev–Trinajstić information content (AvgIpc) is 3.78. The zero-order valence-electron chi connectivity index (χ0n) is 39.2. The summed E-state index contributed by atoms with van der Waals surface area (Å²) in [7, 11) is 0. The molecule has 0 saturated carbocycles. The fourth-order valence-electron chi connectivity index (χ4n) is 11.3. The number of benzene rings is 11. The maximum absolute atomic E-state index is 4.52. The number of aromatic nitrogens is 3. The van der Waals surface area contributed by atoms with Gasteiger partial charge in [-0.25, -0.2) is 0 Å². The molecule has 0 radical (unpaired) electrons. The predicted octanol–water partition coefficient (Wildman–Crippen LogP) is 18.3. The van der Waals surface area contributed by atoms with Crippen LogP contribution in [-0.4, -0.2) is 14.5 Å². The van der Waals surface area contributed by atoms with Crippen LogP contribution in [0.3, 0.4) is 0 Å². The molecule has 0 N–H and O–H groups in total. The summed E-state index contributed by atoms with van der Waals surface area (Å²) in [4.78, 5) is 11.5. The Bertz CT molecular complexity index is 4400. The quantitative estimate of drug-likeness (QED) is 0.142. The van der Waals surface area contributed by atoms with Crippen molar-refractivity contribution in [1.82, 2.24) is 14.5 Å². The van der Waals surface area contributed by atoms with Crippen LogP contribution in [-0.2, 0) is 0 Å². The van der Waals surface area contributed by atoms with Crippen LogP contribution in [0.1, 0.15) is 0 Å². The smallest absolute Gasteiger partial charge is 0.0546 e. The highest BCUT2D eigenvalue weighted by molar-refractivity contribution is 6.27. The van der Waals surface area contributed by atoms with Crippen molar-refractivity contribution in [2.24, 2.45) is 0 Å². The van der Waals surface area contributed by atoms with Crippen molar-refractivity contribution < 1.29 is 0 Å². The van der Waals surface area contributed by atoms with Gasteiger partial charge in [0.2, 0.25) is 0 Å². The summed E-state index contributed by atoms with van der Waals surface area (Å²) in [6.45, 7) is 0. The van der Waals surface area contributed by atoms with E-state index in [1.165, 1.54) is 54.7 Å². The summed E-state index contributed by atoms with van der Waals surface area (Å²) < 4.78 is 2.39. The largest absolute Gasteiger partial charge is 0.310 e. The number of pyridine rings is 2. The Kier molecular flexibility index (Phi) is 9.82. The van der Waals surface area contributed by atoms with Crippen molar-refractivity contribution in [3.63, 3.8) is 0 Å². The molecule has 336 valence electrons. The second-order valence-electron chi connectivity index (χ2n) is 18.5. The highest BCUT2D eigenvalue weighted by Gasteiger charge is 2.26. The van der Waals surface area contributed by atoms with Gasteiger partial charge in [0.1, 0.15) is 0 Å². The molecule has 14 rings (SSSR count). The molecular formula is C68H44N4. The first-order valence-corrected chi connectivity index (χ1v) is 24.5. The Labute approximate surface area is 417 Å². The molecule has 3 heterocycles. The second kappa shape index (κ2) is 17.1. The molecule has 0 bridgehead atoms. The summed E-state index contributed by atoms with van der Waals surface area (Å²) in [6.07, 6.45) is 7.66. The van der Waals surface area contributed by atoms with Crippen molar-refractivity contribution in [1.29, 1.82) is 0 Å². The Hall–Kier alpha value is -9.64. The molecule has 0 aliphatic heterocycles. The lowest BCUT2D eigenvalue weighted by Crippen LogP contribution is -2.11. The fraction of sp³-hybridized carbons (Fsp3) is 0. The number of rotatable bonds is 8. The molecule has 0 atom stereocenters. The summed E-state index contributed by atoms with van der Waals surface area (Å²) in [5, 5.41) is 11.6. The van der Waals surface area contributed by atoms with Gasteiger partial charge in [-0.3, -0.25) is 9.97 Å². The standard InChI is InChI=1S/C68H44N4/c1-3-16-51(17-4-1)71(53-34-35-64-62(42-53)56-22-13-14-28-63(56)72(64)52-18-5-2-6-19-52)65-29-15-27-61-66(57-23-9-7-20-54(57)47-32-30-45-36-38-69-43-49(45)40-47)59-25-11-12-26-60(59)67(68(61)65)58-24-10-8-21-55(58)48-33-31-46-37-39-70-44-50(46)41-48/h1-44H. The number of para-hydroxylation sites is 3. The van der Waals surface area contributed by atoms with Gasteiger partial charge in [-0.2, -0.15) is 0 Å². The number of nitrogens with zero attached hydrogens (tertiary/aromatic N) is 4. The summed E-state index contributed by atoms with van der Waals surface area (Å²) >= 11 is 0. The SMILES string of the molecule is c1ccc(N(c2ccc3c(c2)c2ccccc2n3-c2ccccc2)c2cccc3c(-c4ccccc4-c4ccc5ccncc5c4)c4ccccc4c(-c4ccccc4-c4ccc5ccncc5c4)c23)cc1. The second-order valence-corrected chi connectivity index (χ2v) is 18.5. The molecule has 0 fully saturated rings. The molecule has 0 saturated heterocycles. The van der Waals surface area contributed by atoms with Crippen molar-refractivity contribution in [3.05, 3.63) is 267 Å². The number of fused-ring (bicyclic) bond motifs is 7. The number of anilines is 3. The van der Waals surface area contributed by atoms with E-state index < -0.39 is 0 Å². The number of hydrogen-bond donors (Lipinski definition) is 0. The van der Waals surface area contributed by atoms with E-state index in [2.05, 4.69) is 262 Å². The molecule has 0 spiro atoms. The van der Waals surface area contributed by atoms with Gasteiger partial charge in [0, 0.05) is 74.3 Å². The van der Waals surface area contributed by atoms with Gasteiger partial charge in [-0.05, 0) is 145 Å². The normalized spacial score (nSPS) is 11.6. The highest BCUT2D eigenvalue weighted by Crippen LogP contribution is 2.53. The maximum atomic E-state index is 4.52. The molecule has 0 aliphatic rings. The lowest BCUT2D eigenvalue weighted by atomic mass is 9.81. The first-order chi connectivity index (χ1) is 35.7. The van der Waals surface area contributed by atoms with Crippen LogP contribution in [0.15, 0.2) is 267 Å². The van der Waals surface area contributed by atoms with Crippen molar-refractivity contribution in [3.8, 4) is 50.2 Å². The molecule has 4 heteroatoms. The monoisotopic (exact) mass is 916 g/mol. The van der Waals surface area contributed by atoms with Crippen LogP contribution in [0.2, 0.25) is 0 Å². The fourth-order valence-corrected chi connectivity index (χ4v) is 11.3. The lowest BCUT2D eigenvalue weighted by Gasteiger charge is -2.30. The summed E-state index contributed by atoms with van der Waals surface area (Å²) in [5.41, 5.74) is 16.0. The van der Waals surface area contributed by atoms with Crippen LogP contribution >= 0.6 is 0 Å². The maximum Gasteiger partial charge on any atom is 0.0546 e. The Balaban J connectivity index is 1.11. The van der Waals surface area contributed by atoms with Crippen LogP contribution in [0.5, 0.6) is 0 Å². The molecule has 14 aromatic rings. The van der Waals surface area contributed by atoms with E-state index in [1.54, 1.807) is 0 Å². The van der Waals surface area contributed by atoms with E-state index in [0.717, 1.165) is 77.5 Å². The third kappa shape index (κ3) is 6.76. The van der Waals surface area contributed by atoms with E-state index in [9.17, 15) is 0 Å². The first-order valence-electron chi connectivity index (χ1n) is 24.5. The predicted molar refractivity (Wildman–Crippen MR) is 303 cm³/mol. The molecule has 0 amide bonds. The van der Waals surface area contributed by atoms with E-state index in [4.69, 9.17) is 0 Å². The van der Waals surface area contributed by atoms with Gasteiger partial charge in [-0.1, -0.05) is 164 Å². The third-order valence-electron chi connectivity index (χ3n) is 14.5. The third-order valence-corrected chi connectivity index (χ3v) is 14.5. The van der Waals surface area contributed by atoms with E-state index in [0.29, 0.717) is 0 Å². The van der Waals surface area contributed by atoms with Crippen LogP contribution in [0.4, 0.5) is 17.1 Å². The van der Waals surface area contributed by atoms with Crippen molar-refractivity contribution in [2.75, 3.05) is 4.90 Å². The van der Waals surface area contributed by atoms with Gasteiger partial charge < -0.3 is 9.47 Å². The van der Waals surface area contributed by atoms with Gasteiger partial charge >= 0.3 is 0 Å². The van der Waals surface area contributed by atoms with Gasteiger partial charge in [0.25, 0.3) is 0 Å². The highest BCUT2D eigenvalue weighted by atomic mass is 15.1. The molecule has 0 unspecified atom stereocenters. The zero-order valence-corrected chi connectivity index (χ0v) is 39.2. The first kappa shape index (κ1) is 41.3. The van der Waals surface area contributed by atoms with Crippen molar-refractivity contribution in [2.45, 2.75) is 0 Å². The molecule has 72 heavy (non-hydrogen) atoms. The summed E-state index contributed by atoms with van der Waals surface area (Å²) in [5.74, 6) is 0. The van der Waals surface area contributed by atoms with Crippen LogP contribution in [0, 0.1) is 0 Å². The average molecular weight is 917 g/mol. The van der Waals surface area contributed by atoms with Crippen molar-refractivity contribution >= 4 is 82.0 Å². The molecular weight excluding hydrogens is 873 g/mol. The minimum absolute atomic E-state index is 1.07. The van der Waals surface area contributed by atoms with E-state index in [-0.39, 0.29) is 0 Å². The lowest BCUT2D eigenvalue weighted by molar-refractivity contribution is 1.18. The topological polar surface area (TPSA) is 34.0 Å². The van der Waals surface area contributed by atoms with Gasteiger partial charge in [0.15, 0.2) is 0 Å². The molecule has 4 nitrogen and oxygen atoms in total. The Morgan fingerprint density at radius 3 is 1.51 bits per heavy atom. The molecule has 3 aromatic heterocycles. The van der Waals surface area contributed by atoms with Crippen LogP contribution in [0.25, 0.3) is 115 Å². The number of hydrogen-bond acceptors (Lipinski definition) is 3. The summed E-state index contributed by atoms with van der Waals surface area (Å²) in [6, 6.07) is 88.8. The minimum atomic E-state index is 1.07. The van der Waals surface area contributed by atoms with E-state index in [1.807, 2.05) is 24.8 Å². The molecule has 0 aliphatic carbocycles. The van der Waals surface area contributed by atoms with Crippen LogP contribution < -0.4 is 4.90 Å². The van der Waals surface area contributed by atoms with Gasteiger partial charge in [-0.15, -0.1) is 0 Å². The Morgan fingerprint density at radius 1 is 0.319 bits per heavy atom. The Morgan fingerprint density at radius 2 is 0.847 bits per heavy atom. The minimum Gasteiger partial charge on any atom is -0.310 e. The van der Waals surface area contributed by atoms with E-state index >= 15 is 0 Å². The molecule has 11 aromatic carbocycles. The van der Waals surface area contributed by atoms with Gasteiger partial charge in [0.05, 0.1) is 16.7 Å².